The Hall–Kier alpha value is -1.39. The zero-order chi connectivity index (χ0) is 14.5. The highest BCUT2D eigenvalue weighted by molar-refractivity contribution is 5.76. The van der Waals surface area contributed by atoms with Crippen molar-refractivity contribution in [3.8, 4) is 0 Å². The minimum Gasteiger partial charge on any atom is -0.343 e. The number of piperidine rings is 1. The van der Waals surface area contributed by atoms with Crippen molar-refractivity contribution >= 4 is 5.91 Å². The fourth-order valence-corrected chi connectivity index (χ4v) is 3.20. The Kier molecular flexibility index (Phi) is 4.56. The predicted octanol–water partition coefficient (Wildman–Crippen LogP) is 2.68. The summed E-state index contributed by atoms with van der Waals surface area (Å²) in [6.07, 6.45) is 4.57. The lowest BCUT2D eigenvalue weighted by atomic mass is 10.00. The lowest BCUT2D eigenvalue weighted by Crippen LogP contribution is -2.37. The van der Waals surface area contributed by atoms with Crippen LogP contribution >= 0.6 is 0 Å². The molecule has 0 radical (unpaired) electrons. The summed E-state index contributed by atoms with van der Waals surface area (Å²) >= 11 is 0. The van der Waals surface area contributed by atoms with Gasteiger partial charge in [0, 0.05) is 31.5 Å². The molecule has 0 N–H and O–H groups in total. The number of rotatable bonds is 5. The van der Waals surface area contributed by atoms with Crippen molar-refractivity contribution < 1.29 is 14.3 Å². The van der Waals surface area contributed by atoms with Crippen molar-refractivity contribution in [2.75, 3.05) is 26.3 Å². The van der Waals surface area contributed by atoms with Crippen molar-refractivity contribution in [3.63, 3.8) is 0 Å². The van der Waals surface area contributed by atoms with E-state index < -0.39 is 5.79 Å². The van der Waals surface area contributed by atoms with Crippen molar-refractivity contribution in [1.29, 1.82) is 0 Å². The molecule has 114 valence electrons. The van der Waals surface area contributed by atoms with E-state index in [1.165, 1.54) is 0 Å². The van der Waals surface area contributed by atoms with Crippen molar-refractivity contribution in [2.24, 2.45) is 0 Å². The Balaban J connectivity index is 1.60. The maximum Gasteiger partial charge on any atom is 0.222 e. The van der Waals surface area contributed by atoms with Gasteiger partial charge in [0.05, 0.1) is 13.2 Å². The minimum atomic E-state index is -0.611. The zero-order valence-electron chi connectivity index (χ0n) is 12.4. The van der Waals surface area contributed by atoms with Crippen LogP contribution < -0.4 is 0 Å². The van der Waals surface area contributed by atoms with Crippen molar-refractivity contribution in [3.05, 3.63) is 35.9 Å². The van der Waals surface area contributed by atoms with Crippen LogP contribution in [0.5, 0.6) is 0 Å². The molecule has 3 rings (SSSR count). The molecular weight excluding hydrogens is 266 g/mol. The third kappa shape index (κ3) is 3.27. The Morgan fingerprint density at radius 1 is 1.10 bits per heavy atom. The molecule has 2 heterocycles. The summed E-state index contributed by atoms with van der Waals surface area (Å²) < 4.78 is 11.8. The second kappa shape index (κ2) is 6.58. The molecule has 21 heavy (non-hydrogen) atoms. The maximum absolute atomic E-state index is 11.8. The van der Waals surface area contributed by atoms with Crippen molar-refractivity contribution in [1.82, 2.24) is 4.90 Å². The van der Waals surface area contributed by atoms with Gasteiger partial charge in [-0.3, -0.25) is 4.79 Å². The van der Waals surface area contributed by atoms with E-state index in [1.54, 1.807) is 0 Å². The molecule has 0 unspecified atom stereocenters. The van der Waals surface area contributed by atoms with Gasteiger partial charge in [-0.05, 0) is 19.3 Å². The summed E-state index contributed by atoms with van der Waals surface area (Å²) in [6, 6.07) is 10.1. The number of carbonyl (C=O) groups is 1. The number of hydrogen-bond donors (Lipinski definition) is 0. The van der Waals surface area contributed by atoms with Gasteiger partial charge in [-0.2, -0.15) is 0 Å². The quantitative estimate of drug-likeness (QED) is 0.836. The molecule has 1 aromatic rings. The second-order valence-corrected chi connectivity index (χ2v) is 5.76. The number of hydrogen-bond acceptors (Lipinski definition) is 3. The van der Waals surface area contributed by atoms with Crippen LogP contribution in [-0.2, 0) is 20.1 Å². The Bertz CT molecular complexity index is 468. The normalized spacial score (nSPS) is 21.7. The summed E-state index contributed by atoms with van der Waals surface area (Å²) in [6.45, 7) is 2.98. The van der Waals surface area contributed by atoms with Gasteiger partial charge in [0.2, 0.25) is 5.91 Å². The molecule has 4 heteroatoms. The smallest absolute Gasteiger partial charge is 0.222 e. The lowest BCUT2D eigenvalue weighted by Gasteiger charge is -2.31. The van der Waals surface area contributed by atoms with Gasteiger partial charge in [-0.25, -0.2) is 0 Å². The lowest BCUT2D eigenvalue weighted by molar-refractivity contribution is -0.172. The van der Waals surface area contributed by atoms with E-state index in [2.05, 4.69) is 12.1 Å². The number of amides is 1. The number of benzene rings is 1. The van der Waals surface area contributed by atoms with Gasteiger partial charge in [0.25, 0.3) is 0 Å². The number of likely N-dealkylation sites (tertiary alicyclic amines) is 1. The number of carbonyl (C=O) groups excluding carboxylic acids is 1. The summed E-state index contributed by atoms with van der Waals surface area (Å²) in [5.74, 6) is -0.316. The van der Waals surface area contributed by atoms with Gasteiger partial charge in [0.15, 0.2) is 5.79 Å². The first-order valence-electron chi connectivity index (χ1n) is 7.91. The zero-order valence-corrected chi connectivity index (χ0v) is 12.4. The predicted molar refractivity (Wildman–Crippen MR) is 79.7 cm³/mol. The van der Waals surface area contributed by atoms with Crippen LogP contribution in [-0.4, -0.2) is 37.1 Å². The average Bonchev–Trinajstić information content (AvgIpc) is 3.00. The number of ether oxygens (including phenoxy) is 2. The number of nitrogens with zero attached hydrogens (tertiary/aromatic N) is 1. The van der Waals surface area contributed by atoms with E-state index in [4.69, 9.17) is 9.47 Å². The monoisotopic (exact) mass is 289 g/mol. The van der Waals surface area contributed by atoms with Crippen LogP contribution in [0.3, 0.4) is 0 Å². The van der Waals surface area contributed by atoms with Crippen molar-refractivity contribution in [2.45, 2.75) is 37.9 Å². The van der Waals surface area contributed by atoms with Gasteiger partial charge in [-0.1, -0.05) is 30.3 Å². The summed E-state index contributed by atoms with van der Waals surface area (Å²) in [5.41, 5.74) is 1.08. The fraction of sp³-hybridized carbons (Fsp3) is 0.588. The van der Waals surface area contributed by atoms with Gasteiger partial charge >= 0.3 is 0 Å². The molecule has 2 saturated heterocycles. The topological polar surface area (TPSA) is 38.8 Å². The highest BCUT2D eigenvalue weighted by Gasteiger charge is 2.38. The van der Waals surface area contributed by atoms with Crippen LogP contribution in [0.1, 0.15) is 37.7 Å². The van der Waals surface area contributed by atoms with E-state index in [0.717, 1.165) is 44.3 Å². The highest BCUT2D eigenvalue weighted by atomic mass is 16.7. The third-order valence-electron chi connectivity index (χ3n) is 4.32. The van der Waals surface area contributed by atoms with Crippen LogP contribution in [0.4, 0.5) is 0 Å². The van der Waals surface area contributed by atoms with E-state index in [1.807, 2.05) is 23.1 Å². The highest BCUT2D eigenvalue weighted by Crippen LogP contribution is 2.35. The Morgan fingerprint density at radius 2 is 1.86 bits per heavy atom. The standard InChI is InChI=1S/C17H23NO3/c19-16-9-4-5-11-18(16)12-6-10-17(20-13-14-21-17)15-7-2-1-3-8-15/h1-3,7-8H,4-6,9-14H2. The van der Waals surface area contributed by atoms with Crippen LogP contribution in [0, 0.1) is 0 Å². The molecule has 2 aliphatic rings. The maximum atomic E-state index is 11.8. The van der Waals surface area contributed by atoms with Crippen LogP contribution in [0.2, 0.25) is 0 Å². The molecule has 2 fully saturated rings. The summed E-state index contributed by atoms with van der Waals surface area (Å²) in [5, 5.41) is 0. The molecule has 0 spiro atoms. The van der Waals surface area contributed by atoms with E-state index in [9.17, 15) is 4.79 Å². The molecule has 0 atom stereocenters. The molecule has 0 aromatic heterocycles. The van der Waals surface area contributed by atoms with Gasteiger partial charge in [-0.15, -0.1) is 0 Å². The molecule has 2 aliphatic heterocycles. The average molecular weight is 289 g/mol. The SMILES string of the molecule is O=C1CCCCN1CCCC1(c2ccccc2)OCCO1. The molecule has 0 saturated carbocycles. The first kappa shape index (κ1) is 14.5. The fourth-order valence-electron chi connectivity index (χ4n) is 3.20. The van der Waals surface area contributed by atoms with Crippen LogP contribution in [0.25, 0.3) is 0 Å². The first-order valence-corrected chi connectivity index (χ1v) is 7.91. The van der Waals surface area contributed by atoms with E-state index >= 15 is 0 Å². The van der Waals surface area contributed by atoms with Gasteiger partial charge < -0.3 is 14.4 Å². The van der Waals surface area contributed by atoms with E-state index in [-0.39, 0.29) is 0 Å². The summed E-state index contributed by atoms with van der Waals surface area (Å²) in [4.78, 5) is 13.8. The van der Waals surface area contributed by atoms with E-state index in [0.29, 0.717) is 25.5 Å². The molecule has 0 bridgehead atoms. The van der Waals surface area contributed by atoms with Gasteiger partial charge in [0.1, 0.15) is 0 Å². The molecule has 4 nitrogen and oxygen atoms in total. The second-order valence-electron chi connectivity index (χ2n) is 5.76. The molecule has 1 aromatic carbocycles. The third-order valence-corrected chi connectivity index (χ3v) is 4.32. The largest absolute Gasteiger partial charge is 0.343 e. The minimum absolute atomic E-state index is 0.295. The Labute approximate surface area is 126 Å². The molecular formula is C17H23NO3. The summed E-state index contributed by atoms with van der Waals surface area (Å²) in [7, 11) is 0. The van der Waals surface area contributed by atoms with Crippen LogP contribution in [0.15, 0.2) is 30.3 Å². The molecule has 1 amide bonds. The Morgan fingerprint density at radius 3 is 2.57 bits per heavy atom. The molecule has 0 aliphatic carbocycles. The first-order chi connectivity index (χ1) is 10.3.